The number of fused-ring (bicyclic) bond motifs is 1. The van der Waals surface area contributed by atoms with E-state index in [2.05, 4.69) is 47.8 Å². The number of aryl methyl sites for hydroxylation is 2. The molecule has 2 aromatic rings. The number of rotatable bonds is 2. The quantitative estimate of drug-likeness (QED) is 0.673. The Morgan fingerprint density at radius 3 is 2.77 bits per heavy atom. The molecule has 0 saturated carbocycles. The van der Waals surface area contributed by atoms with Crippen LogP contribution in [0.5, 0.6) is 0 Å². The van der Waals surface area contributed by atoms with Crippen LogP contribution in [0.2, 0.25) is 0 Å². The minimum Gasteiger partial charge on any atom is -0.241 e. The van der Waals surface area contributed by atoms with Crippen LogP contribution in [0, 0.1) is 0 Å². The highest BCUT2D eigenvalue weighted by Gasteiger charge is 2.12. The molecular formula is C11H15N2+. The average Bonchev–Trinajstić information content (AvgIpc) is 2.46. The zero-order chi connectivity index (χ0) is 9.26. The maximum Gasteiger partial charge on any atom is 0.254 e. The van der Waals surface area contributed by atoms with Crippen LogP contribution < -0.4 is 4.57 Å². The molecule has 13 heavy (non-hydrogen) atoms. The Kier molecular flexibility index (Phi) is 2.05. The first kappa shape index (κ1) is 8.30. The molecule has 0 spiro atoms. The van der Waals surface area contributed by atoms with Gasteiger partial charge in [-0.2, -0.15) is 0 Å². The van der Waals surface area contributed by atoms with Crippen molar-refractivity contribution in [2.75, 3.05) is 0 Å². The highest BCUT2D eigenvalue weighted by atomic mass is 15.1. The molecule has 68 valence electrons. The zero-order valence-corrected chi connectivity index (χ0v) is 8.17. The van der Waals surface area contributed by atoms with Crippen LogP contribution in [0.15, 0.2) is 24.3 Å². The van der Waals surface area contributed by atoms with Crippen LogP contribution in [0.3, 0.4) is 0 Å². The molecule has 0 aliphatic rings. The number of hydrogen-bond donors (Lipinski definition) is 1. The summed E-state index contributed by atoms with van der Waals surface area (Å²) in [7, 11) is 2.11. The van der Waals surface area contributed by atoms with Gasteiger partial charge in [0.05, 0.1) is 7.05 Å². The normalized spacial score (nSPS) is 10.9. The maximum atomic E-state index is 3.43. The van der Waals surface area contributed by atoms with Crippen LogP contribution in [0.25, 0.3) is 11.0 Å². The topological polar surface area (TPSA) is 19.7 Å². The van der Waals surface area contributed by atoms with E-state index < -0.39 is 0 Å². The van der Waals surface area contributed by atoms with Gasteiger partial charge in [0.1, 0.15) is 0 Å². The molecule has 2 nitrogen and oxygen atoms in total. The molecule has 1 N–H and O–H groups in total. The van der Waals surface area contributed by atoms with Gasteiger partial charge in [0, 0.05) is 6.42 Å². The van der Waals surface area contributed by atoms with Crippen molar-refractivity contribution in [2.45, 2.75) is 19.8 Å². The number of nitrogens with one attached hydrogen (secondary N) is 1. The van der Waals surface area contributed by atoms with E-state index in [0.717, 1.165) is 6.42 Å². The number of hydrogen-bond acceptors (Lipinski definition) is 0. The van der Waals surface area contributed by atoms with Crippen LogP contribution >= 0.6 is 0 Å². The summed E-state index contributed by atoms with van der Waals surface area (Å²) in [5.41, 5.74) is 2.51. The second-order valence-electron chi connectivity index (χ2n) is 3.40. The summed E-state index contributed by atoms with van der Waals surface area (Å²) < 4.78 is 2.23. The van der Waals surface area contributed by atoms with Crippen LogP contribution in [-0.4, -0.2) is 4.98 Å². The van der Waals surface area contributed by atoms with Gasteiger partial charge in [-0.1, -0.05) is 19.1 Å². The number of imidazole rings is 1. The molecule has 0 atom stereocenters. The molecule has 0 aliphatic carbocycles. The third kappa shape index (κ3) is 1.32. The summed E-state index contributed by atoms with van der Waals surface area (Å²) in [6, 6.07) is 8.40. The fraction of sp³-hybridized carbons (Fsp3) is 0.364. The second kappa shape index (κ2) is 3.21. The first-order valence-corrected chi connectivity index (χ1v) is 4.78. The van der Waals surface area contributed by atoms with Gasteiger partial charge < -0.3 is 0 Å². The molecule has 1 heterocycles. The van der Waals surface area contributed by atoms with Gasteiger partial charge in [0.15, 0.2) is 11.0 Å². The molecule has 2 heteroatoms. The van der Waals surface area contributed by atoms with Crippen molar-refractivity contribution < 1.29 is 4.57 Å². The lowest BCUT2D eigenvalue weighted by molar-refractivity contribution is -0.652. The van der Waals surface area contributed by atoms with Gasteiger partial charge in [0.2, 0.25) is 0 Å². The number of H-pyrrole nitrogens is 1. The van der Waals surface area contributed by atoms with Crippen molar-refractivity contribution >= 4 is 11.0 Å². The summed E-state index contributed by atoms with van der Waals surface area (Å²) in [6.45, 7) is 2.20. The Morgan fingerprint density at radius 1 is 1.31 bits per heavy atom. The highest BCUT2D eigenvalue weighted by Crippen LogP contribution is 2.08. The number of para-hydroxylation sites is 2. The number of nitrogens with zero attached hydrogens (tertiary/aromatic N) is 1. The van der Waals surface area contributed by atoms with E-state index in [1.54, 1.807) is 0 Å². The van der Waals surface area contributed by atoms with E-state index in [1.807, 2.05) is 0 Å². The van der Waals surface area contributed by atoms with E-state index in [1.165, 1.54) is 23.3 Å². The lowest BCUT2D eigenvalue weighted by Crippen LogP contribution is -2.31. The van der Waals surface area contributed by atoms with E-state index in [0.29, 0.717) is 0 Å². The third-order valence-corrected chi connectivity index (χ3v) is 2.44. The molecule has 1 aromatic carbocycles. The number of benzene rings is 1. The minimum absolute atomic E-state index is 1.12. The van der Waals surface area contributed by atoms with Gasteiger partial charge in [-0.3, -0.25) is 0 Å². The van der Waals surface area contributed by atoms with Crippen molar-refractivity contribution in [1.82, 2.24) is 4.98 Å². The fourth-order valence-corrected chi connectivity index (χ4v) is 1.72. The zero-order valence-electron chi connectivity index (χ0n) is 8.17. The van der Waals surface area contributed by atoms with Crippen LogP contribution in [0.4, 0.5) is 0 Å². The first-order valence-electron chi connectivity index (χ1n) is 4.78. The molecular weight excluding hydrogens is 160 g/mol. The summed E-state index contributed by atoms with van der Waals surface area (Å²) >= 11 is 0. The molecule has 2 rings (SSSR count). The molecule has 0 saturated heterocycles. The van der Waals surface area contributed by atoms with Gasteiger partial charge in [-0.05, 0) is 18.6 Å². The predicted octanol–water partition coefficient (Wildman–Crippen LogP) is 1.94. The third-order valence-electron chi connectivity index (χ3n) is 2.44. The van der Waals surface area contributed by atoms with Crippen molar-refractivity contribution in [3.05, 3.63) is 30.1 Å². The van der Waals surface area contributed by atoms with Crippen molar-refractivity contribution in [2.24, 2.45) is 7.05 Å². The SMILES string of the molecule is CCCc1[nH]c2ccccc2[n+]1C. The van der Waals surface area contributed by atoms with E-state index >= 15 is 0 Å². The smallest absolute Gasteiger partial charge is 0.241 e. The predicted molar refractivity (Wildman–Crippen MR) is 53.5 cm³/mol. The summed E-state index contributed by atoms with van der Waals surface area (Å²) in [4.78, 5) is 3.43. The molecule has 0 unspecified atom stereocenters. The monoisotopic (exact) mass is 175 g/mol. The lowest BCUT2D eigenvalue weighted by Gasteiger charge is -1.90. The largest absolute Gasteiger partial charge is 0.254 e. The molecule has 0 bridgehead atoms. The summed E-state index contributed by atoms with van der Waals surface area (Å²) in [5, 5.41) is 0. The van der Waals surface area contributed by atoms with Gasteiger partial charge in [-0.25, -0.2) is 9.55 Å². The Bertz CT molecular complexity index is 415. The summed E-state index contributed by atoms with van der Waals surface area (Å²) in [6.07, 6.45) is 2.30. The molecule has 0 amide bonds. The Balaban J connectivity index is 2.60. The lowest BCUT2D eigenvalue weighted by atomic mass is 10.3. The van der Waals surface area contributed by atoms with Crippen LogP contribution in [0.1, 0.15) is 19.2 Å². The van der Waals surface area contributed by atoms with E-state index in [4.69, 9.17) is 0 Å². The van der Waals surface area contributed by atoms with E-state index in [-0.39, 0.29) is 0 Å². The molecule has 0 radical (unpaired) electrons. The van der Waals surface area contributed by atoms with Gasteiger partial charge in [0.25, 0.3) is 5.82 Å². The highest BCUT2D eigenvalue weighted by molar-refractivity contribution is 5.70. The molecule has 0 fully saturated rings. The van der Waals surface area contributed by atoms with Crippen molar-refractivity contribution in [1.29, 1.82) is 0 Å². The first-order chi connectivity index (χ1) is 6.33. The number of aromatic amines is 1. The van der Waals surface area contributed by atoms with Crippen LogP contribution in [-0.2, 0) is 13.5 Å². The maximum absolute atomic E-state index is 3.43. The molecule has 0 aliphatic heterocycles. The average molecular weight is 175 g/mol. The van der Waals surface area contributed by atoms with E-state index in [9.17, 15) is 0 Å². The standard InChI is InChI=1S/C11H14N2/c1-3-6-11-12-9-7-4-5-8-10(9)13(11)2/h4-5,7-8H,3,6H2,1-2H3/p+1. The second-order valence-corrected chi connectivity index (χ2v) is 3.40. The van der Waals surface area contributed by atoms with Crippen molar-refractivity contribution in [3.8, 4) is 0 Å². The molecule has 1 aromatic heterocycles. The Labute approximate surface area is 78.2 Å². The minimum atomic E-state index is 1.12. The number of aromatic nitrogens is 2. The summed E-state index contributed by atoms with van der Waals surface area (Å²) in [5.74, 6) is 1.31. The Morgan fingerprint density at radius 2 is 2.08 bits per heavy atom. The van der Waals surface area contributed by atoms with Gasteiger partial charge >= 0.3 is 0 Å². The van der Waals surface area contributed by atoms with Gasteiger partial charge in [-0.15, -0.1) is 0 Å². The fourth-order valence-electron chi connectivity index (χ4n) is 1.72. The Hall–Kier alpha value is -1.31. The van der Waals surface area contributed by atoms with Crippen molar-refractivity contribution in [3.63, 3.8) is 0 Å².